The molecule has 0 bridgehead atoms. The summed E-state index contributed by atoms with van der Waals surface area (Å²) in [5.74, 6) is -0.225. The van der Waals surface area contributed by atoms with Crippen molar-refractivity contribution in [3.05, 3.63) is 76.9 Å². The Bertz CT molecular complexity index is 914. The fourth-order valence-electron chi connectivity index (χ4n) is 3.32. The van der Waals surface area contributed by atoms with Crippen LogP contribution in [-0.2, 0) is 16.1 Å². The van der Waals surface area contributed by atoms with Crippen LogP contribution in [0, 0.1) is 5.82 Å². The third-order valence-corrected chi connectivity index (χ3v) is 4.63. The molecular weight excluding hydrogens is 349 g/mol. The maximum Gasteiger partial charge on any atom is 0.221 e. The summed E-state index contributed by atoms with van der Waals surface area (Å²) < 4.78 is 18.9. The van der Waals surface area contributed by atoms with E-state index in [2.05, 4.69) is 25.9 Å². The number of aromatic amines is 1. The quantitative estimate of drug-likeness (QED) is 0.722. The number of fused-ring (bicyclic) bond motifs is 1. The minimum absolute atomic E-state index is 0.0194. The van der Waals surface area contributed by atoms with Crippen molar-refractivity contribution in [2.75, 3.05) is 6.61 Å². The summed E-state index contributed by atoms with van der Waals surface area (Å²) in [5.41, 5.74) is 2.91. The molecule has 1 aliphatic rings. The molecule has 1 aliphatic heterocycles. The van der Waals surface area contributed by atoms with Gasteiger partial charge in [0.25, 0.3) is 0 Å². The monoisotopic (exact) mass is 367 g/mol. The highest BCUT2D eigenvalue weighted by Crippen LogP contribution is 2.29. The number of amides is 1. The summed E-state index contributed by atoms with van der Waals surface area (Å²) >= 11 is 0. The van der Waals surface area contributed by atoms with Crippen molar-refractivity contribution >= 4 is 5.91 Å². The number of tetrazole rings is 1. The van der Waals surface area contributed by atoms with Gasteiger partial charge in [0.15, 0.2) is 0 Å². The first-order valence-corrected chi connectivity index (χ1v) is 8.64. The van der Waals surface area contributed by atoms with Gasteiger partial charge in [-0.25, -0.2) is 4.39 Å². The molecule has 0 radical (unpaired) electrons. The Morgan fingerprint density at radius 1 is 1.26 bits per heavy atom. The lowest BCUT2D eigenvalue weighted by Gasteiger charge is -2.26. The fourth-order valence-corrected chi connectivity index (χ4v) is 3.32. The number of rotatable bonds is 5. The molecule has 0 spiro atoms. The third-order valence-electron chi connectivity index (χ3n) is 4.63. The SMILES string of the molecule is O=C(CC1COCc2ccccc21)NC(c1ccc(F)cc1)c1nn[nH]n1. The van der Waals surface area contributed by atoms with Crippen LogP contribution in [-0.4, -0.2) is 33.1 Å². The lowest BCUT2D eigenvalue weighted by Crippen LogP contribution is -2.32. The van der Waals surface area contributed by atoms with E-state index in [9.17, 15) is 9.18 Å². The van der Waals surface area contributed by atoms with Gasteiger partial charge in [-0.15, -0.1) is 10.2 Å². The zero-order chi connectivity index (χ0) is 18.6. The van der Waals surface area contributed by atoms with Crippen molar-refractivity contribution in [1.82, 2.24) is 25.9 Å². The van der Waals surface area contributed by atoms with Gasteiger partial charge in [-0.05, 0) is 28.8 Å². The number of hydrogen-bond acceptors (Lipinski definition) is 5. The largest absolute Gasteiger partial charge is 0.376 e. The lowest BCUT2D eigenvalue weighted by atomic mass is 9.90. The molecule has 0 aliphatic carbocycles. The second-order valence-electron chi connectivity index (χ2n) is 6.44. The predicted octanol–water partition coefficient (Wildman–Crippen LogP) is 2.25. The smallest absolute Gasteiger partial charge is 0.221 e. The predicted molar refractivity (Wildman–Crippen MR) is 94.0 cm³/mol. The van der Waals surface area contributed by atoms with Crippen LogP contribution in [0.4, 0.5) is 4.39 Å². The Hall–Kier alpha value is -3.13. The van der Waals surface area contributed by atoms with E-state index in [4.69, 9.17) is 4.74 Å². The van der Waals surface area contributed by atoms with Crippen LogP contribution in [0.15, 0.2) is 48.5 Å². The molecule has 0 saturated heterocycles. The number of ether oxygens (including phenoxy) is 1. The zero-order valence-electron chi connectivity index (χ0n) is 14.4. The summed E-state index contributed by atoms with van der Waals surface area (Å²) in [4.78, 5) is 12.7. The van der Waals surface area contributed by atoms with Gasteiger partial charge in [-0.3, -0.25) is 4.79 Å². The maximum atomic E-state index is 13.3. The molecule has 2 aromatic carbocycles. The number of carbonyl (C=O) groups is 1. The second kappa shape index (κ2) is 7.63. The number of hydrogen-bond donors (Lipinski definition) is 2. The summed E-state index contributed by atoms with van der Waals surface area (Å²) in [5, 5.41) is 16.8. The summed E-state index contributed by atoms with van der Waals surface area (Å²) in [6.45, 7) is 1.06. The van der Waals surface area contributed by atoms with Crippen LogP contribution in [0.25, 0.3) is 0 Å². The fraction of sp³-hybridized carbons (Fsp3) is 0.263. The highest BCUT2D eigenvalue weighted by molar-refractivity contribution is 5.78. The number of carbonyl (C=O) groups excluding carboxylic acids is 1. The normalized spacial score (nSPS) is 17.1. The maximum absolute atomic E-state index is 13.3. The third kappa shape index (κ3) is 3.85. The molecule has 1 aromatic heterocycles. The van der Waals surface area contributed by atoms with Crippen LogP contribution in [0.2, 0.25) is 0 Å². The van der Waals surface area contributed by atoms with Crippen LogP contribution in [0.1, 0.15) is 40.9 Å². The average Bonchev–Trinajstić information content (AvgIpc) is 3.22. The first kappa shape index (κ1) is 17.3. The van der Waals surface area contributed by atoms with Crippen molar-refractivity contribution < 1.29 is 13.9 Å². The molecule has 4 rings (SSSR count). The molecule has 27 heavy (non-hydrogen) atoms. The van der Waals surface area contributed by atoms with Crippen molar-refractivity contribution in [2.24, 2.45) is 0 Å². The minimum Gasteiger partial charge on any atom is -0.376 e. The molecule has 8 heteroatoms. The number of halogens is 1. The topological polar surface area (TPSA) is 92.8 Å². The summed E-state index contributed by atoms with van der Waals surface area (Å²) in [6, 6.07) is 13.2. The van der Waals surface area contributed by atoms with E-state index in [1.165, 1.54) is 12.1 Å². The van der Waals surface area contributed by atoms with Crippen molar-refractivity contribution in [3.8, 4) is 0 Å². The first-order chi connectivity index (χ1) is 13.2. The molecule has 2 heterocycles. The lowest BCUT2D eigenvalue weighted by molar-refractivity contribution is -0.122. The zero-order valence-corrected chi connectivity index (χ0v) is 14.4. The van der Waals surface area contributed by atoms with Crippen LogP contribution >= 0.6 is 0 Å². The van der Waals surface area contributed by atoms with Crippen LogP contribution in [0.5, 0.6) is 0 Å². The number of nitrogens with one attached hydrogen (secondary N) is 2. The highest BCUT2D eigenvalue weighted by Gasteiger charge is 2.26. The van der Waals surface area contributed by atoms with E-state index < -0.39 is 6.04 Å². The minimum atomic E-state index is -0.614. The number of aromatic nitrogens is 4. The van der Waals surface area contributed by atoms with E-state index in [0.717, 1.165) is 11.1 Å². The number of benzene rings is 2. The van der Waals surface area contributed by atoms with E-state index in [1.807, 2.05) is 24.3 Å². The van der Waals surface area contributed by atoms with E-state index >= 15 is 0 Å². The van der Waals surface area contributed by atoms with Gasteiger partial charge in [0.2, 0.25) is 11.7 Å². The van der Waals surface area contributed by atoms with Gasteiger partial charge < -0.3 is 10.1 Å². The molecule has 2 N–H and O–H groups in total. The second-order valence-corrected chi connectivity index (χ2v) is 6.44. The van der Waals surface area contributed by atoms with Gasteiger partial charge in [0.1, 0.15) is 11.9 Å². The molecular formula is C19H18FN5O2. The Balaban J connectivity index is 1.52. The van der Waals surface area contributed by atoms with Crippen molar-refractivity contribution in [2.45, 2.75) is 25.0 Å². The van der Waals surface area contributed by atoms with Crippen LogP contribution < -0.4 is 5.32 Å². The summed E-state index contributed by atoms with van der Waals surface area (Å²) in [6.07, 6.45) is 0.270. The molecule has 0 fully saturated rings. The van der Waals surface area contributed by atoms with Gasteiger partial charge in [0.05, 0.1) is 13.2 Å². The van der Waals surface area contributed by atoms with E-state index in [1.54, 1.807) is 12.1 Å². The van der Waals surface area contributed by atoms with E-state index in [-0.39, 0.29) is 24.1 Å². The molecule has 1 amide bonds. The first-order valence-electron chi connectivity index (χ1n) is 8.64. The molecule has 0 saturated carbocycles. The van der Waals surface area contributed by atoms with Crippen molar-refractivity contribution in [3.63, 3.8) is 0 Å². The Kier molecular flexibility index (Phi) is 4.88. The Morgan fingerprint density at radius 2 is 2.07 bits per heavy atom. The molecule has 2 atom stereocenters. The molecule has 2 unspecified atom stereocenters. The molecule has 138 valence electrons. The average molecular weight is 367 g/mol. The number of nitrogens with zero attached hydrogens (tertiary/aromatic N) is 3. The van der Waals surface area contributed by atoms with Gasteiger partial charge in [-0.2, -0.15) is 5.21 Å². The van der Waals surface area contributed by atoms with Crippen LogP contribution in [0.3, 0.4) is 0 Å². The van der Waals surface area contributed by atoms with Crippen molar-refractivity contribution in [1.29, 1.82) is 0 Å². The standard InChI is InChI=1S/C19H18FN5O2/c20-15-7-5-12(6-8-15)18(19-22-24-25-23-19)21-17(26)9-14-11-27-10-13-3-1-2-4-16(13)14/h1-8,14,18H,9-11H2,(H,21,26)(H,22,23,24,25). The highest BCUT2D eigenvalue weighted by atomic mass is 19.1. The van der Waals surface area contributed by atoms with Gasteiger partial charge in [0, 0.05) is 12.3 Å². The summed E-state index contributed by atoms with van der Waals surface area (Å²) in [7, 11) is 0. The number of H-pyrrole nitrogens is 1. The van der Waals surface area contributed by atoms with E-state index in [0.29, 0.717) is 24.6 Å². The molecule has 3 aromatic rings. The molecule has 7 nitrogen and oxygen atoms in total. The Morgan fingerprint density at radius 3 is 2.85 bits per heavy atom. The van der Waals surface area contributed by atoms with Gasteiger partial charge >= 0.3 is 0 Å². The van der Waals surface area contributed by atoms with Gasteiger partial charge in [-0.1, -0.05) is 41.6 Å². The Labute approximate surface area is 154 Å².